The lowest BCUT2D eigenvalue weighted by Gasteiger charge is -2.03. The van der Waals surface area contributed by atoms with Gasteiger partial charge in [-0.15, -0.1) is 11.3 Å². The van der Waals surface area contributed by atoms with Crippen LogP contribution in [0.3, 0.4) is 0 Å². The van der Waals surface area contributed by atoms with Crippen LogP contribution >= 0.6 is 11.3 Å². The molecule has 170 valence electrons. The van der Waals surface area contributed by atoms with Crippen LogP contribution in [0.5, 0.6) is 5.75 Å². The van der Waals surface area contributed by atoms with Crippen LogP contribution in [0.2, 0.25) is 0 Å². The number of hydrogen-bond donors (Lipinski definition) is 0. The standard InChI is InChI=1S/C29H22N4OS/c1-20-8-10-21(11-9-20)27-19-35-29(31-27)23(17-30)16-24-18-33(25-6-4-3-5-7-25)32-28(24)22-12-14-26(34-2)15-13-22/h3-16,18-19H,1-2H3. The van der Waals surface area contributed by atoms with Crippen molar-refractivity contribution in [2.45, 2.75) is 6.92 Å². The summed E-state index contributed by atoms with van der Waals surface area (Å²) in [7, 11) is 1.64. The van der Waals surface area contributed by atoms with Gasteiger partial charge in [0.2, 0.25) is 0 Å². The summed E-state index contributed by atoms with van der Waals surface area (Å²) in [5.74, 6) is 0.775. The highest BCUT2D eigenvalue weighted by Gasteiger charge is 2.15. The smallest absolute Gasteiger partial charge is 0.134 e. The Morgan fingerprint density at radius 2 is 1.69 bits per heavy atom. The van der Waals surface area contributed by atoms with E-state index in [-0.39, 0.29) is 0 Å². The van der Waals surface area contributed by atoms with E-state index >= 15 is 0 Å². The van der Waals surface area contributed by atoms with E-state index < -0.39 is 0 Å². The van der Waals surface area contributed by atoms with Crippen molar-refractivity contribution in [1.29, 1.82) is 5.26 Å². The number of methoxy groups -OCH3 is 1. The minimum atomic E-state index is 0.496. The molecule has 0 aliphatic carbocycles. The molecule has 0 aliphatic rings. The van der Waals surface area contributed by atoms with Gasteiger partial charge in [-0.05, 0) is 49.4 Å². The zero-order chi connectivity index (χ0) is 24.2. The number of rotatable bonds is 6. The molecule has 5 nitrogen and oxygen atoms in total. The number of hydrogen-bond acceptors (Lipinski definition) is 5. The lowest BCUT2D eigenvalue weighted by molar-refractivity contribution is 0.415. The molecule has 0 saturated carbocycles. The summed E-state index contributed by atoms with van der Waals surface area (Å²) in [5.41, 5.74) is 7.08. The first kappa shape index (κ1) is 22.3. The quantitative estimate of drug-likeness (QED) is 0.248. The fourth-order valence-corrected chi connectivity index (χ4v) is 4.53. The molecule has 0 aliphatic heterocycles. The highest BCUT2D eigenvalue weighted by molar-refractivity contribution is 7.11. The molecule has 5 aromatic rings. The van der Waals surface area contributed by atoms with Crippen molar-refractivity contribution in [3.05, 3.63) is 107 Å². The first-order chi connectivity index (χ1) is 17.1. The van der Waals surface area contributed by atoms with E-state index in [0.29, 0.717) is 10.6 Å². The van der Waals surface area contributed by atoms with E-state index in [0.717, 1.165) is 39.5 Å². The SMILES string of the molecule is COc1ccc(-c2nn(-c3ccccc3)cc2C=C(C#N)c2nc(-c3ccc(C)cc3)cs2)cc1. The van der Waals surface area contributed by atoms with Crippen molar-refractivity contribution < 1.29 is 4.74 Å². The third-order valence-corrected chi connectivity index (χ3v) is 6.50. The van der Waals surface area contributed by atoms with Crippen molar-refractivity contribution in [2.75, 3.05) is 7.11 Å². The van der Waals surface area contributed by atoms with E-state index in [9.17, 15) is 5.26 Å². The van der Waals surface area contributed by atoms with Crippen LogP contribution in [0.15, 0.2) is 90.4 Å². The summed E-state index contributed by atoms with van der Waals surface area (Å²) in [4.78, 5) is 4.75. The summed E-state index contributed by atoms with van der Waals surface area (Å²) in [6, 6.07) is 28.2. The Morgan fingerprint density at radius 1 is 0.971 bits per heavy atom. The Kier molecular flexibility index (Phi) is 6.25. The second kappa shape index (κ2) is 9.80. The average Bonchev–Trinajstić information content (AvgIpc) is 3.56. The molecule has 0 N–H and O–H groups in total. The third kappa shape index (κ3) is 4.77. The highest BCUT2D eigenvalue weighted by Crippen LogP contribution is 2.31. The van der Waals surface area contributed by atoms with Gasteiger partial charge in [-0.25, -0.2) is 9.67 Å². The third-order valence-electron chi connectivity index (χ3n) is 5.63. The van der Waals surface area contributed by atoms with Gasteiger partial charge >= 0.3 is 0 Å². The van der Waals surface area contributed by atoms with Gasteiger partial charge in [0.15, 0.2) is 0 Å². The Morgan fingerprint density at radius 3 is 2.37 bits per heavy atom. The number of thiazole rings is 1. The van der Waals surface area contributed by atoms with Crippen LogP contribution in [0.1, 0.15) is 16.1 Å². The van der Waals surface area contributed by atoms with E-state index in [1.807, 2.05) is 76.9 Å². The van der Waals surface area contributed by atoms with Gasteiger partial charge in [-0.3, -0.25) is 0 Å². The normalized spacial score (nSPS) is 11.3. The molecule has 0 atom stereocenters. The number of nitrogens with zero attached hydrogens (tertiary/aromatic N) is 4. The summed E-state index contributed by atoms with van der Waals surface area (Å²) < 4.78 is 7.14. The molecular formula is C29H22N4OS. The van der Waals surface area contributed by atoms with Gasteiger partial charge in [0.25, 0.3) is 0 Å². The molecule has 0 amide bonds. The molecule has 0 fully saturated rings. The van der Waals surface area contributed by atoms with Crippen molar-refractivity contribution in [1.82, 2.24) is 14.8 Å². The van der Waals surface area contributed by atoms with E-state index in [2.05, 4.69) is 37.3 Å². The summed E-state index contributed by atoms with van der Waals surface area (Å²) >= 11 is 1.46. The Hall–Kier alpha value is -4.47. The molecular weight excluding hydrogens is 452 g/mol. The first-order valence-electron chi connectivity index (χ1n) is 11.1. The van der Waals surface area contributed by atoms with Crippen LogP contribution in [0.4, 0.5) is 0 Å². The molecule has 0 bridgehead atoms. The van der Waals surface area contributed by atoms with Crippen molar-refractivity contribution in [2.24, 2.45) is 0 Å². The van der Waals surface area contributed by atoms with Gasteiger partial charge in [0.05, 0.1) is 29.8 Å². The molecule has 3 aromatic carbocycles. The second-order valence-electron chi connectivity index (χ2n) is 8.02. The number of benzene rings is 3. The predicted molar refractivity (Wildman–Crippen MR) is 141 cm³/mol. The maximum absolute atomic E-state index is 10.0. The zero-order valence-electron chi connectivity index (χ0n) is 19.3. The molecule has 0 saturated heterocycles. The Bertz CT molecular complexity index is 1520. The largest absolute Gasteiger partial charge is 0.497 e. The summed E-state index contributed by atoms with van der Waals surface area (Å²) in [6.45, 7) is 2.06. The van der Waals surface area contributed by atoms with Gasteiger partial charge in [0, 0.05) is 28.3 Å². The fourth-order valence-electron chi connectivity index (χ4n) is 3.73. The Labute approximate surface area is 208 Å². The van der Waals surface area contributed by atoms with Gasteiger partial charge in [-0.2, -0.15) is 10.4 Å². The number of para-hydroxylation sites is 1. The zero-order valence-corrected chi connectivity index (χ0v) is 20.2. The fraction of sp³-hybridized carbons (Fsp3) is 0.0690. The van der Waals surface area contributed by atoms with Crippen LogP contribution in [-0.2, 0) is 0 Å². The topological polar surface area (TPSA) is 63.7 Å². The lowest BCUT2D eigenvalue weighted by Crippen LogP contribution is -1.94. The monoisotopic (exact) mass is 474 g/mol. The van der Waals surface area contributed by atoms with Crippen molar-refractivity contribution in [3.8, 4) is 40.0 Å². The first-order valence-corrected chi connectivity index (χ1v) is 12.0. The minimum absolute atomic E-state index is 0.496. The molecule has 0 spiro atoms. The van der Waals surface area contributed by atoms with Crippen LogP contribution in [-0.4, -0.2) is 21.9 Å². The van der Waals surface area contributed by atoms with Gasteiger partial charge < -0.3 is 4.74 Å². The van der Waals surface area contributed by atoms with Crippen LogP contribution in [0.25, 0.3) is 39.9 Å². The number of nitriles is 1. The predicted octanol–water partition coefficient (Wildman–Crippen LogP) is 7.04. The summed E-state index contributed by atoms with van der Waals surface area (Å²) in [5, 5.41) is 17.5. The van der Waals surface area contributed by atoms with Gasteiger partial charge in [-0.1, -0.05) is 48.0 Å². The number of ether oxygens (including phenoxy) is 1. The minimum Gasteiger partial charge on any atom is -0.497 e. The number of allylic oxidation sites excluding steroid dienone is 1. The van der Waals surface area contributed by atoms with E-state index in [1.54, 1.807) is 7.11 Å². The lowest BCUT2D eigenvalue weighted by atomic mass is 10.1. The van der Waals surface area contributed by atoms with Crippen LogP contribution in [0, 0.1) is 18.3 Å². The Balaban J connectivity index is 1.58. The van der Waals surface area contributed by atoms with E-state index in [1.165, 1.54) is 16.9 Å². The molecule has 0 unspecified atom stereocenters. The van der Waals surface area contributed by atoms with Crippen molar-refractivity contribution >= 4 is 23.0 Å². The van der Waals surface area contributed by atoms with Gasteiger partial charge in [0.1, 0.15) is 16.8 Å². The number of aromatic nitrogens is 3. The maximum atomic E-state index is 10.0. The number of aryl methyl sites for hydroxylation is 1. The molecule has 5 rings (SSSR count). The molecule has 6 heteroatoms. The second-order valence-corrected chi connectivity index (χ2v) is 8.87. The van der Waals surface area contributed by atoms with E-state index in [4.69, 9.17) is 14.8 Å². The average molecular weight is 475 g/mol. The molecule has 2 heterocycles. The van der Waals surface area contributed by atoms with Crippen LogP contribution < -0.4 is 4.74 Å². The molecule has 0 radical (unpaired) electrons. The maximum Gasteiger partial charge on any atom is 0.134 e. The molecule has 2 aromatic heterocycles. The molecule has 35 heavy (non-hydrogen) atoms. The summed E-state index contributed by atoms with van der Waals surface area (Å²) in [6.07, 6.45) is 3.81. The highest BCUT2D eigenvalue weighted by atomic mass is 32.1. The van der Waals surface area contributed by atoms with Crippen molar-refractivity contribution in [3.63, 3.8) is 0 Å².